The monoisotopic (exact) mass is 299 g/mol. The summed E-state index contributed by atoms with van der Waals surface area (Å²) in [6, 6.07) is 5.08. The highest BCUT2D eigenvalue weighted by molar-refractivity contribution is 7.87. The number of morpholine rings is 1. The van der Waals surface area contributed by atoms with Crippen molar-refractivity contribution in [2.24, 2.45) is 0 Å². The van der Waals surface area contributed by atoms with E-state index in [4.69, 9.17) is 4.74 Å². The minimum atomic E-state index is -3.53. The normalized spacial score (nSPS) is 26.4. The van der Waals surface area contributed by atoms with Gasteiger partial charge in [0.25, 0.3) is 10.2 Å². The molecular formula is C13H21N3O3S. The molecule has 3 unspecified atom stereocenters. The third-order valence-corrected chi connectivity index (χ3v) is 4.81. The molecule has 0 aliphatic carbocycles. The van der Waals surface area contributed by atoms with E-state index in [1.807, 2.05) is 19.9 Å². The lowest BCUT2D eigenvalue weighted by Gasteiger charge is -2.34. The maximum Gasteiger partial charge on any atom is 0.280 e. The Hall–Kier alpha value is -1.02. The van der Waals surface area contributed by atoms with Crippen molar-refractivity contribution >= 4 is 10.2 Å². The van der Waals surface area contributed by atoms with Crippen LogP contribution >= 0.6 is 0 Å². The van der Waals surface area contributed by atoms with Crippen molar-refractivity contribution in [1.29, 1.82) is 0 Å². The van der Waals surface area contributed by atoms with E-state index in [2.05, 4.69) is 9.71 Å². The van der Waals surface area contributed by atoms with Gasteiger partial charge in [0, 0.05) is 19.3 Å². The molecule has 6 nitrogen and oxygen atoms in total. The van der Waals surface area contributed by atoms with Crippen molar-refractivity contribution in [2.75, 3.05) is 13.1 Å². The van der Waals surface area contributed by atoms with Gasteiger partial charge in [0.05, 0.1) is 23.9 Å². The lowest BCUT2D eigenvalue weighted by atomic mass is 10.2. The zero-order chi connectivity index (χ0) is 14.8. The van der Waals surface area contributed by atoms with Gasteiger partial charge >= 0.3 is 0 Å². The van der Waals surface area contributed by atoms with Crippen LogP contribution in [0.4, 0.5) is 0 Å². The van der Waals surface area contributed by atoms with Crippen molar-refractivity contribution in [1.82, 2.24) is 14.0 Å². The number of rotatable bonds is 4. The second-order valence-electron chi connectivity index (χ2n) is 5.17. The molecule has 0 radical (unpaired) electrons. The summed E-state index contributed by atoms with van der Waals surface area (Å²) < 4.78 is 34.4. The predicted molar refractivity (Wildman–Crippen MR) is 76.3 cm³/mol. The first-order valence-corrected chi connectivity index (χ1v) is 8.16. The molecule has 112 valence electrons. The Morgan fingerprint density at radius 1 is 1.35 bits per heavy atom. The largest absolute Gasteiger partial charge is 0.373 e. The topological polar surface area (TPSA) is 71.5 Å². The van der Waals surface area contributed by atoms with Gasteiger partial charge in [-0.2, -0.15) is 17.4 Å². The van der Waals surface area contributed by atoms with Crippen LogP contribution < -0.4 is 4.72 Å². The van der Waals surface area contributed by atoms with Crippen molar-refractivity contribution in [3.63, 3.8) is 0 Å². The van der Waals surface area contributed by atoms with Gasteiger partial charge in [-0.1, -0.05) is 6.07 Å². The summed E-state index contributed by atoms with van der Waals surface area (Å²) in [5.74, 6) is 0. The van der Waals surface area contributed by atoms with Crippen LogP contribution in [0.25, 0.3) is 0 Å². The maximum absolute atomic E-state index is 12.4. The molecule has 0 saturated carbocycles. The summed E-state index contributed by atoms with van der Waals surface area (Å²) in [6.45, 7) is 6.27. The van der Waals surface area contributed by atoms with E-state index in [0.717, 1.165) is 0 Å². The van der Waals surface area contributed by atoms with Gasteiger partial charge in [-0.25, -0.2) is 0 Å². The number of ether oxygens (including phenoxy) is 1. The number of hydrogen-bond donors (Lipinski definition) is 1. The van der Waals surface area contributed by atoms with Crippen molar-refractivity contribution in [2.45, 2.75) is 39.0 Å². The number of nitrogens with one attached hydrogen (secondary N) is 1. The summed E-state index contributed by atoms with van der Waals surface area (Å²) in [5, 5.41) is 0. The third-order valence-electron chi connectivity index (χ3n) is 3.18. The molecule has 1 N–H and O–H groups in total. The fourth-order valence-electron chi connectivity index (χ4n) is 2.32. The van der Waals surface area contributed by atoms with E-state index < -0.39 is 10.2 Å². The van der Waals surface area contributed by atoms with E-state index in [1.165, 1.54) is 4.31 Å². The molecule has 2 heterocycles. The van der Waals surface area contributed by atoms with Gasteiger partial charge in [0.1, 0.15) is 0 Å². The smallest absolute Gasteiger partial charge is 0.280 e. The zero-order valence-corrected chi connectivity index (χ0v) is 12.8. The van der Waals surface area contributed by atoms with Crippen molar-refractivity contribution in [3.8, 4) is 0 Å². The van der Waals surface area contributed by atoms with E-state index >= 15 is 0 Å². The highest BCUT2D eigenvalue weighted by Gasteiger charge is 2.32. The first kappa shape index (κ1) is 15.4. The van der Waals surface area contributed by atoms with Crippen LogP contribution in [0.1, 0.15) is 32.5 Å². The standard InChI is InChI=1S/C13H21N3O3S/c1-10-8-16(9-11(2)19-10)20(17,18)15-12(3)13-6-4-5-7-14-13/h4-7,10-12,15H,8-9H2,1-3H3. The first-order chi connectivity index (χ1) is 9.38. The second-order valence-corrected chi connectivity index (χ2v) is 6.88. The van der Waals surface area contributed by atoms with Gasteiger partial charge in [-0.05, 0) is 32.9 Å². The molecule has 0 spiro atoms. The fraction of sp³-hybridized carbons (Fsp3) is 0.615. The molecule has 3 atom stereocenters. The molecule has 1 aliphatic heterocycles. The van der Waals surface area contributed by atoms with Crippen LogP contribution in [0.15, 0.2) is 24.4 Å². The first-order valence-electron chi connectivity index (χ1n) is 6.72. The molecular weight excluding hydrogens is 278 g/mol. The Balaban J connectivity index is 2.07. The average molecular weight is 299 g/mol. The van der Waals surface area contributed by atoms with Crippen LogP contribution in [-0.2, 0) is 14.9 Å². The molecule has 20 heavy (non-hydrogen) atoms. The molecule has 0 bridgehead atoms. The van der Waals surface area contributed by atoms with Crippen molar-refractivity contribution < 1.29 is 13.2 Å². The number of pyridine rings is 1. The van der Waals surface area contributed by atoms with E-state index in [-0.39, 0.29) is 18.2 Å². The van der Waals surface area contributed by atoms with Gasteiger partial charge in [0.2, 0.25) is 0 Å². The third kappa shape index (κ3) is 3.76. The van der Waals surface area contributed by atoms with Crippen LogP contribution in [0.3, 0.4) is 0 Å². The molecule has 1 aromatic rings. The van der Waals surface area contributed by atoms with Crippen LogP contribution in [0, 0.1) is 0 Å². The Morgan fingerprint density at radius 2 is 2.00 bits per heavy atom. The fourth-order valence-corrected chi connectivity index (χ4v) is 3.85. The SMILES string of the molecule is CC1CN(S(=O)(=O)NC(C)c2ccccn2)CC(C)O1. The zero-order valence-electron chi connectivity index (χ0n) is 12.0. The number of nitrogens with zero attached hydrogens (tertiary/aromatic N) is 2. The summed E-state index contributed by atoms with van der Waals surface area (Å²) in [7, 11) is -3.53. The molecule has 1 saturated heterocycles. The predicted octanol–water partition coefficient (Wildman–Crippen LogP) is 1.09. The average Bonchev–Trinajstić information content (AvgIpc) is 2.38. The molecule has 2 rings (SSSR count). The van der Waals surface area contributed by atoms with Crippen LogP contribution in [0.5, 0.6) is 0 Å². The highest BCUT2D eigenvalue weighted by atomic mass is 32.2. The Labute approximate surface area is 120 Å². The summed E-state index contributed by atoms with van der Waals surface area (Å²) in [4.78, 5) is 4.17. The van der Waals surface area contributed by atoms with Gasteiger partial charge in [-0.3, -0.25) is 4.98 Å². The summed E-state index contributed by atoms with van der Waals surface area (Å²) in [5.41, 5.74) is 0.699. The number of aromatic nitrogens is 1. The van der Waals surface area contributed by atoms with Crippen molar-refractivity contribution in [3.05, 3.63) is 30.1 Å². The van der Waals surface area contributed by atoms with E-state index in [1.54, 1.807) is 25.3 Å². The van der Waals surface area contributed by atoms with Gasteiger partial charge in [0.15, 0.2) is 0 Å². The molecule has 0 aromatic carbocycles. The van der Waals surface area contributed by atoms with E-state index in [9.17, 15) is 8.42 Å². The Morgan fingerprint density at radius 3 is 2.55 bits per heavy atom. The molecule has 1 fully saturated rings. The molecule has 1 aromatic heterocycles. The Kier molecular flexibility index (Phi) is 4.74. The molecule has 1 aliphatic rings. The lowest BCUT2D eigenvalue weighted by molar-refractivity contribution is -0.0444. The maximum atomic E-state index is 12.4. The Bertz CT molecular complexity index is 525. The quantitative estimate of drug-likeness (QED) is 0.903. The van der Waals surface area contributed by atoms with E-state index in [0.29, 0.717) is 18.8 Å². The molecule has 7 heteroatoms. The lowest BCUT2D eigenvalue weighted by Crippen LogP contribution is -2.52. The van der Waals surface area contributed by atoms with Gasteiger partial charge < -0.3 is 4.74 Å². The number of hydrogen-bond acceptors (Lipinski definition) is 4. The molecule has 0 amide bonds. The minimum Gasteiger partial charge on any atom is -0.373 e. The summed E-state index contributed by atoms with van der Waals surface area (Å²) in [6.07, 6.45) is 1.46. The van der Waals surface area contributed by atoms with Gasteiger partial charge in [-0.15, -0.1) is 0 Å². The van der Waals surface area contributed by atoms with Crippen LogP contribution in [-0.4, -0.2) is 43.0 Å². The van der Waals surface area contributed by atoms with Crippen LogP contribution in [0.2, 0.25) is 0 Å². The second kappa shape index (κ2) is 6.17. The minimum absolute atomic E-state index is 0.0968. The summed E-state index contributed by atoms with van der Waals surface area (Å²) >= 11 is 0. The highest BCUT2D eigenvalue weighted by Crippen LogP contribution is 2.16.